The minimum atomic E-state index is -0.394. The van der Waals surface area contributed by atoms with Crippen LogP contribution >= 0.6 is 12.2 Å². The molecule has 0 saturated heterocycles. The Morgan fingerprint density at radius 3 is 2.47 bits per heavy atom. The van der Waals surface area contributed by atoms with Gasteiger partial charge in [-0.3, -0.25) is 14.9 Å². The van der Waals surface area contributed by atoms with Crippen LogP contribution in [0.15, 0.2) is 71.3 Å². The third kappa shape index (κ3) is 6.42. The third-order valence-electron chi connectivity index (χ3n) is 4.54. The molecule has 1 aromatic heterocycles. The summed E-state index contributed by atoms with van der Waals surface area (Å²) in [6.07, 6.45) is 3.44. The lowest BCUT2D eigenvalue weighted by Gasteiger charge is -2.15. The van der Waals surface area contributed by atoms with Crippen LogP contribution in [0.5, 0.6) is 5.75 Å². The Hall–Kier alpha value is -3.65. The second-order valence-electron chi connectivity index (χ2n) is 6.91. The predicted octanol–water partition coefficient (Wildman–Crippen LogP) is 4.52. The molecule has 8 heteroatoms. The van der Waals surface area contributed by atoms with E-state index in [-0.39, 0.29) is 17.6 Å². The SMILES string of the molecule is CCCCOc1ccccc1C(=O)NC(=S)Nc1ccccc1C(=O)NCc1ccco1. The van der Waals surface area contributed by atoms with Crippen molar-refractivity contribution < 1.29 is 18.7 Å². The molecule has 0 aliphatic rings. The fourth-order valence-corrected chi connectivity index (χ4v) is 3.10. The van der Waals surface area contributed by atoms with Crippen molar-refractivity contribution in [3.8, 4) is 5.75 Å². The summed E-state index contributed by atoms with van der Waals surface area (Å²) in [4.78, 5) is 25.4. The van der Waals surface area contributed by atoms with Crippen LogP contribution in [-0.4, -0.2) is 23.5 Å². The number of ether oxygens (including phenoxy) is 1. The molecule has 0 unspecified atom stereocenters. The quantitative estimate of drug-likeness (QED) is 0.327. The number of furan rings is 1. The number of benzene rings is 2. The number of unbranched alkanes of at least 4 members (excludes halogenated alkanes) is 1. The fraction of sp³-hybridized carbons (Fsp3) is 0.208. The molecule has 1 heterocycles. The molecule has 166 valence electrons. The summed E-state index contributed by atoms with van der Waals surface area (Å²) in [6, 6.07) is 17.4. The normalized spacial score (nSPS) is 10.3. The average molecular weight is 452 g/mol. The molecule has 3 rings (SSSR count). The Balaban J connectivity index is 1.63. The number of thiocarbonyl (C=S) groups is 1. The molecule has 2 amide bonds. The van der Waals surface area contributed by atoms with Gasteiger partial charge in [0.2, 0.25) is 0 Å². The zero-order chi connectivity index (χ0) is 22.8. The Morgan fingerprint density at radius 2 is 1.72 bits per heavy atom. The minimum absolute atomic E-state index is 0.0737. The van der Waals surface area contributed by atoms with E-state index in [2.05, 4.69) is 22.9 Å². The summed E-state index contributed by atoms with van der Waals surface area (Å²) < 4.78 is 11.0. The maximum Gasteiger partial charge on any atom is 0.261 e. The first-order valence-corrected chi connectivity index (χ1v) is 10.7. The van der Waals surface area contributed by atoms with Gasteiger partial charge in [0.05, 0.1) is 36.2 Å². The zero-order valence-electron chi connectivity index (χ0n) is 17.7. The molecule has 32 heavy (non-hydrogen) atoms. The summed E-state index contributed by atoms with van der Waals surface area (Å²) in [7, 11) is 0. The molecule has 3 aromatic rings. The van der Waals surface area contributed by atoms with Gasteiger partial charge in [-0.2, -0.15) is 0 Å². The van der Waals surface area contributed by atoms with Crippen molar-refractivity contribution in [2.24, 2.45) is 0 Å². The van der Waals surface area contributed by atoms with Crippen LogP contribution < -0.4 is 20.7 Å². The van der Waals surface area contributed by atoms with Crippen LogP contribution in [0.4, 0.5) is 5.69 Å². The van der Waals surface area contributed by atoms with Gasteiger partial charge in [0.1, 0.15) is 11.5 Å². The van der Waals surface area contributed by atoms with Crippen LogP contribution in [-0.2, 0) is 6.54 Å². The lowest BCUT2D eigenvalue weighted by atomic mass is 10.1. The van der Waals surface area contributed by atoms with Gasteiger partial charge in [-0.05, 0) is 55.0 Å². The number of carbonyl (C=O) groups is 2. The van der Waals surface area contributed by atoms with E-state index in [4.69, 9.17) is 21.4 Å². The van der Waals surface area contributed by atoms with Gasteiger partial charge < -0.3 is 19.8 Å². The molecule has 0 bridgehead atoms. The molecule has 0 aliphatic carbocycles. The summed E-state index contributed by atoms with van der Waals surface area (Å²) in [6.45, 7) is 2.86. The van der Waals surface area contributed by atoms with Crippen molar-refractivity contribution >= 4 is 34.8 Å². The van der Waals surface area contributed by atoms with Gasteiger partial charge in [0, 0.05) is 0 Å². The Kier molecular flexibility index (Phi) is 8.39. The summed E-state index contributed by atoms with van der Waals surface area (Å²) in [5, 5.41) is 8.45. The van der Waals surface area contributed by atoms with Crippen LogP contribution in [0.25, 0.3) is 0 Å². The molecular weight excluding hydrogens is 426 g/mol. The van der Waals surface area contributed by atoms with Crippen LogP contribution in [0.1, 0.15) is 46.2 Å². The molecule has 0 spiro atoms. The van der Waals surface area contributed by atoms with Crippen LogP contribution in [0, 0.1) is 0 Å². The second-order valence-corrected chi connectivity index (χ2v) is 7.32. The van der Waals surface area contributed by atoms with E-state index in [0.717, 1.165) is 12.8 Å². The molecule has 0 fully saturated rings. The third-order valence-corrected chi connectivity index (χ3v) is 4.74. The van der Waals surface area contributed by atoms with Crippen molar-refractivity contribution in [3.05, 3.63) is 83.8 Å². The molecule has 2 aromatic carbocycles. The zero-order valence-corrected chi connectivity index (χ0v) is 18.5. The Labute approximate surface area is 192 Å². The van der Waals surface area contributed by atoms with Crippen molar-refractivity contribution in [1.29, 1.82) is 0 Å². The lowest BCUT2D eigenvalue weighted by molar-refractivity contribution is 0.0947. The van der Waals surface area contributed by atoms with Gasteiger partial charge >= 0.3 is 0 Å². The summed E-state index contributed by atoms with van der Waals surface area (Å²) in [5.74, 6) is 0.452. The monoisotopic (exact) mass is 451 g/mol. The summed E-state index contributed by atoms with van der Waals surface area (Å²) in [5.41, 5.74) is 1.25. The van der Waals surface area contributed by atoms with Crippen LogP contribution in [0.3, 0.4) is 0 Å². The first-order valence-electron chi connectivity index (χ1n) is 10.3. The number of amides is 2. The fourth-order valence-electron chi connectivity index (χ4n) is 2.90. The van der Waals surface area contributed by atoms with E-state index in [1.807, 2.05) is 6.07 Å². The molecule has 0 radical (unpaired) electrons. The highest BCUT2D eigenvalue weighted by atomic mass is 32.1. The number of para-hydroxylation sites is 2. The van der Waals surface area contributed by atoms with Crippen molar-refractivity contribution in [1.82, 2.24) is 10.6 Å². The smallest absolute Gasteiger partial charge is 0.261 e. The number of hydrogen-bond acceptors (Lipinski definition) is 5. The number of nitrogens with one attached hydrogen (secondary N) is 3. The molecule has 3 N–H and O–H groups in total. The van der Waals surface area contributed by atoms with Gasteiger partial charge in [0.25, 0.3) is 11.8 Å². The lowest BCUT2D eigenvalue weighted by Crippen LogP contribution is -2.35. The molecule has 0 saturated carbocycles. The maximum atomic E-state index is 12.7. The molecular formula is C24H25N3O4S. The van der Waals surface area contributed by atoms with Crippen molar-refractivity contribution in [2.45, 2.75) is 26.3 Å². The van der Waals surface area contributed by atoms with E-state index in [1.165, 1.54) is 0 Å². The highest BCUT2D eigenvalue weighted by Gasteiger charge is 2.16. The highest BCUT2D eigenvalue weighted by molar-refractivity contribution is 7.80. The van der Waals surface area contributed by atoms with E-state index < -0.39 is 5.91 Å². The Morgan fingerprint density at radius 1 is 0.969 bits per heavy atom. The van der Waals surface area contributed by atoms with E-state index in [0.29, 0.717) is 34.9 Å². The van der Waals surface area contributed by atoms with E-state index in [9.17, 15) is 9.59 Å². The topological polar surface area (TPSA) is 92.6 Å². The first-order chi connectivity index (χ1) is 15.6. The largest absolute Gasteiger partial charge is 0.493 e. The number of carbonyl (C=O) groups excluding carboxylic acids is 2. The molecule has 7 nitrogen and oxygen atoms in total. The van der Waals surface area contributed by atoms with Crippen LogP contribution in [0.2, 0.25) is 0 Å². The second kappa shape index (κ2) is 11.7. The minimum Gasteiger partial charge on any atom is -0.493 e. The molecule has 0 atom stereocenters. The molecule has 0 aliphatic heterocycles. The van der Waals surface area contributed by atoms with E-state index >= 15 is 0 Å². The first kappa shape index (κ1) is 23.0. The highest BCUT2D eigenvalue weighted by Crippen LogP contribution is 2.19. The van der Waals surface area contributed by atoms with Crippen molar-refractivity contribution in [3.63, 3.8) is 0 Å². The maximum absolute atomic E-state index is 12.7. The van der Waals surface area contributed by atoms with E-state index in [1.54, 1.807) is 60.9 Å². The van der Waals surface area contributed by atoms with Crippen molar-refractivity contribution in [2.75, 3.05) is 11.9 Å². The number of anilines is 1. The predicted molar refractivity (Wildman–Crippen MR) is 127 cm³/mol. The number of hydrogen-bond donors (Lipinski definition) is 3. The summed E-state index contributed by atoms with van der Waals surface area (Å²) >= 11 is 5.31. The standard InChI is InChI=1S/C24H25N3O4S/c1-2-3-14-31-21-13-7-5-11-19(21)23(29)27-24(32)26-20-12-6-4-10-18(20)22(28)25-16-17-9-8-15-30-17/h4-13,15H,2-3,14,16H2,1H3,(H,25,28)(H2,26,27,29,32). The van der Waals surface area contributed by atoms with Gasteiger partial charge in [-0.1, -0.05) is 37.6 Å². The van der Waals surface area contributed by atoms with Gasteiger partial charge in [0.15, 0.2) is 5.11 Å². The van der Waals surface area contributed by atoms with Gasteiger partial charge in [-0.25, -0.2) is 0 Å². The number of rotatable bonds is 9. The average Bonchev–Trinajstić information content (AvgIpc) is 3.32. The van der Waals surface area contributed by atoms with Gasteiger partial charge in [-0.15, -0.1) is 0 Å². The Bertz CT molecular complexity index is 1070.